The van der Waals surface area contributed by atoms with Crippen LogP contribution in [0.4, 0.5) is 0 Å². The summed E-state index contributed by atoms with van der Waals surface area (Å²) in [4.78, 5) is 0. The lowest BCUT2D eigenvalue weighted by atomic mass is 10.0. The molecule has 0 saturated carbocycles. The molecule has 0 spiro atoms. The predicted octanol–water partition coefficient (Wildman–Crippen LogP) is 0.548. The SMILES string of the molecule is C[C@@H](N)CCC1CCS(=O)(=O)C1. The molecule has 12 heavy (non-hydrogen) atoms. The molecule has 2 atom stereocenters. The first kappa shape index (κ1) is 9.99. The number of hydrogen-bond acceptors (Lipinski definition) is 3. The highest BCUT2D eigenvalue weighted by atomic mass is 32.2. The first-order valence-corrected chi connectivity index (χ1v) is 6.28. The molecule has 1 unspecified atom stereocenters. The lowest BCUT2D eigenvalue weighted by molar-refractivity contribution is 0.488. The van der Waals surface area contributed by atoms with Crippen LogP contribution in [0.25, 0.3) is 0 Å². The second kappa shape index (κ2) is 3.75. The molecule has 3 nitrogen and oxygen atoms in total. The fourth-order valence-corrected chi connectivity index (χ4v) is 3.51. The second-order valence-electron chi connectivity index (χ2n) is 3.82. The van der Waals surface area contributed by atoms with Crippen molar-refractivity contribution >= 4 is 9.84 Å². The molecule has 0 aromatic heterocycles. The lowest BCUT2D eigenvalue weighted by Gasteiger charge is -2.08. The Kier molecular flexibility index (Phi) is 3.12. The first-order chi connectivity index (χ1) is 5.49. The van der Waals surface area contributed by atoms with Crippen molar-refractivity contribution in [1.82, 2.24) is 0 Å². The zero-order chi connectivity index (χ0) is 9.19. The first-order valence-electron chi connectivity index (χ1n) is 4.45. The summed E-state index contributed by atoms with van der Waals surface area (Å²) in [5.74, 6) is 1.15. The Morgan fingerprint density at radius 3 is 2.67 bits per heavy atom. The van der Waals surface area contributed by atoms with E-state index in [-0.39, 0.29) is 6.04 Å². The van der Waals surface area contributed by atoms with Crippen molar-refractivity contribution in [1.29, 1.82) is 0 Å². The minimum Gasteiger partial charge on any atom is -0.328 e. The van der Waals surface area contributed by atoms with E-state index >= 15 is 0 Å². The molecule has 1 aliphatic rings. The molecule has 1 heterocycles. The lowest BCUT2D eigenvalue weighted by Crippen LogP contribution is -2.16. The van der Waals surface area contributed by atoms with Crippen LogP contribution in [0.15, 0.2) is 0 Å². The van der Waals surface area contributed by atoms with E-state index < -0.39 is 9.84 Å². The topological polar surface area (TPSA) is 60.2 Å². The average molecular weight is 191 g/mol. The van der Waals surface area contributed by atoms with E-state index in [2.05, 4.69) is 0 Å². The van der Waals surface area contributed by atoms with Gasteiger partial charge in [-0.25, -0.2) is 8.42 Å². The number of nitrogens with two attached hydrogens (primary N) is 1. The van der Waals surface area contributed by atoms with Gasteiger partial charge in [-0.2, -0.15) is 0 Å². The molecule has 1 rings (SSSR count). The van der Waals surface area contributed by atoms with E-state index in [0.717, 1.165) is 19.3 Å². The van der Waals surface area contributed by atoms with Gasteiger partial charge in [0.15, 0.2) is 9.84 Å². The maximum absolute atomic E-state index is 11.1. The van der Waals surface area contributed by atoms with Gasteiger partial charge in [0, 0.05) is 6.04 Å². The fraction of sp³-hybridized carbons (Fsp3) is 1.00. The molecular weight excluding hydrogens is 174 g/mol. The van der Waals surface area contributed by atoms with Gasteiger partial charge in [-0.1, -0.05) is 0 Å². The minimum absolute atomic E-state index is 0.202. The molecule has 0 bridgehead atoms. The highest BCUT2D eigenvalue weighted by Crippen LogP contribution is 2.22. The molecule has 2 N–H and O–H groups in total. The maximum Gasteiger partial charge on any atom is 0.150 e. The Bertz CT molecular complexity index is 233. The van der Waals surface area contributed by atoms with Gasteiger partial charge < -0.3 is 5.73 Å². The molecule has 0 aromatic carbocycles. The molecule has 1 fully saturated rings. The fourth-order valence-electron chi connectivity index (χ4n) is 1.60. The van der Waals surface area contributed by atoms with Crippen LogP contribution in [0.3, 0.4) is 0 Å². The normalized spacial score (nSPS) is 30.3. The third-order valence-electron chi connectivity index (χ3n) is 2.36. The summed E-state index contributed by atoms with van der Waals surface area (Å²) in [6.07, 6.45) is 2.76. The summed E-state index contributed by atoms with van der Waals surface area (Å²) in [6, 6.07) is 0.202. The van der Waals surface area contributed by atoms with Gasteiger partial charge in [0.05, 0.1) is 11.5 Å². The summed E-state index contributed by atoms with van der Waals surface area (Å²) in [7, 11) is -2.68. The maximum atomic E-state index is 11.1. The predicted molar refractivity (Wildman–Crippen MR) is 49.6 cm³/mol. The van der Waals surface area contributed by atoms with Crippen LogP contribution in [0, 0.1) is 5.92 Å². The Balaban J connectivity index is 2.29. The van der Waals surface area contributed by atoms with Crippen LogP contribution in [-0.4, -0.2) is 26.0 Å². The van der Waals surface area contributed by atoms with Gasteiger partial charge in [0.25, 0.3) is 0 Å². The van der Waals surface area contributed by atoms with Crippen LogP contribution >= 0.6 is 0 Å². The third-order valence-corrected chi connectivity index (χ3v) is 4.19. The quantitative estimate of drug-likeness (QED) is 0.708. The van der Waals surface area contributed by atoms with Crippen LogP contribution in [-0.2, 0) is 9.84 Å². The van der Waals surface area contributed by atoms with E-state index in [9.17, 15) is 8.42 Å². The smallest absolute Gasteiger partial charge is 0.150 e. The second-order valence-corrected chi connectivity index (χ2v) is 6.05. The molecule has 0 amide bonds. The van der Waals surface area contributed by atoms with Crippen molar-refractivity contribution < 1.29 is 8.42 Å². The monoisotopic (exact) mass is 191 g/mol. The Labute approximate surface area is 74.3 Å². The Hall–Kier alpha value is -0.0900. The molecule has 0 aliphatic carbocycles. The van der Waals surface area contributed by atoms with Crippen LogP contribution < -0.4 is 5.73 Å². The number of hydrogen-bond donors (Lipinski definition) is 1. The van der Waals surface area contributed by atoms with E-state index in [1.54, 1.807) is 0 Å². The minimum atomic E-state index is -2.68. The summed E-state index contributed by atoms with van der Waals surface area (Å²) >= 11 is 0. The Morgan fingerprint density at radius 1 is 1.58 bits per heavy atom. The molecular formula is C8H17NO2S. The largest absolute Gasteiger partial charge is 0.328 e. The molecule has 0 radical (unpaired) electrons. The van der Waals surface area contributed by atoms with Gasteiger partial charge >= 0.3 is 0 Å². The van der Waals surface area contributed by atoms with Gasteiger partial charge in [0.1, 0.15) is 0 Å². The number of sulfone groups is 1. The molecule has 4 heteroatoms. The van der Waals surface area contributed by atoms with Gasteiger partial charge in [-0.15, -0.1) is 0 Å². The van der Waals surface area contributed by atoms with Crippen molar-refractivity contribution in [2.45, 2.75) is 32.2 Å². The standard InChI is InChI=1S/C8H17NO2S/c1-7(9)2-3-8-4-5-12(10,11)6-8/h7-8H,2-6,9H2,1H3/t7-,8?/m1/s1. The molecule has 1 aliphatic heterocycles. The van der Waals surface area contributed by atoms with E-state index in [1.165, 1.54) is 0 Å². The zero-order valence-electron chi connectivity index (χ0n) is 7.49. The van der Waals surface area contributed by atoms with Crippen LogP contribution in [0.5, 0.6) is 0 Å². The summed E-state index contributed by atoms with van der Waals surface area (Å²) < 4.78 is 22.1. The van der Waals surface area contributed by atoms with Crippen molar-refractivity contribution in [3.05, 3.63) is 0 Å². The van der Waals surface area contributed by atoms with Crippen molar-refractivity contribution in [3.63, 3.8) is 0 Å². The summed E-state index contributed by atoms with van der Waals surface area (Å²) in [6.45, 7) is 1.96. The van der Waals surface area contributed by atoms with Crippen molar-refractivity contribution in [2.24, 2.45) is 11.7 Å². The van der Waals surface area contributed by atoms with Crippen LogP contribution in [0.2, 0.25) is 0 Å². The zero-order valence-corrected chi connectivity index (χ0v) is 8.31. The highest BCUT2D eigenvalue weighted by Gasteiger charge is 2.27. The van der Waals surface area contributed by atoms with Gasteiger partial charge in [-0.3, -0.25) is 0 Å². The Morgan fingerprint density at radius 2 is 2.25 bits per heavy atom. The van der Waals surface area contributed by atoms with E-state index in [0.29, 0.717) is 17.4 Å². The van der Waals surface area contributed by atoms with Crippen molar-refractivity contribution in [2.75, 3.05) is 11.5 Å². The molecule has 72 valence electrons. The summed E-state index contributed by atoms with van der Waals surface area (Å²) in [5, 5.41) is 0. The van der Waals surface area contributed by atoms with Crippen LogP contribution in [0.1, 0.15) is 26.2 Å². The molecule has 1 saturated heterocycles. The number of rotatable bonds is 3. The van der Waals surface area contributed by atoms with Gasteiger partial charge in [0.2, 0.25) is 0 Å². The summed E-state index contributed by atoms with van der Waals surface area (Å²) in [5.41, 5.74) is 5.59. The van der Waals surface area contributed by atoms with E-state index in [1.807, 2.05) is 6.92 Å². The van der Waals surface area contributed by atoms with Gasteiger partial charge in [-0.05, 0) is 32.1 Å². The third kappa shape index (κ3) is 3.11. The van der Waals surface area contributed by atoms with E-state index in [4.69, 9.17) is 5.73 Å². The van der Waals surface area contributed by atoms with Crippen molar-refractivity contribution in [3.8, 4) is 0 Å². The average Bonchev–Trinajstić information content (AvgIpc) is 2.26. The highest BCUT2D eigenvalue weighted by molar-refractivity contribution is 7.91. The molecule has 0 aromatic rings.